The van der Waals surface area contributed by atoms with E-state index in [0.717, 1.165) is 24.0 Å². The number of carboxylic acids is 1. The number of benzene rings is 2. The van der Waals surface area contributed by atoms with Crippen LogP contribution < -0.4 is 4.90 Å². The zero-order chi connectivity index (χ0) is 24.1. The Labute approximate surface area is 201 Å². The van der Waals surface area contributed by atoms with Gasteiger partial charge in [0.1, 0.15) is 10.4 Å². The number of anilines is 1. The number of para-hydroxylation sites is 1. The van der Waals surface area contributed by atoms with Crippen LogP contribution in [0, 0.1) is 5.41 Å². The average molecular weight is 500 g/mol. The molecule has 3 aromatic rings. The molecule has 178 valence electrons. The number of carboxylic acid groups (broad SMARTS) is 1. The Hall–Kier alpha value is -2.82. The largest absolute Gasteiger partial charge is 0.481 e. The van der Waals surface area contributed by atoms with Crippen molar-refractivity contribution in [3.05, 3.63) is 53.6 Å². The minimum absolute atomic E-state index is 0.142. The molecule has 0 radical (unpaired) electrons. The van der Waals surface area contributed by atoms with E-state index in [9.17, 15) is 23.1 Å². The van der Waals surface area contributed by atoms with Crippen LogP contribution in [0.15, 0.2) is 47.4 Å². The minimum atomic E-state index is -3.68. The summed E-state index contributed by atoms with van der Waals surface area (Å²) in [7, 11) is -2.10. The summed E-state index contributed by atoms with van der Waals surface area (Å²) in [4.78, 5) is 31.6. The lowest BCUT2D eigenvalue weighted by molar-refractivity contribution is -0.144. The van der Waals surface area contributed by atoms with Gasteiger partial charge in [0, 0.05) is 20.1 Å². The first kappa shape index (κ1) is 22.9. The van der Waals surface area contributed by atoms with Gasteiger partial charge in [0.15, 0.2) is 5.13 Å². The molecule has 0 bridgehead atoms. The van der Waals surface area contributed by atoms with Gasteiger partial charge < -0.3 is 5.11 Å². The van der Waals surface area contributed by atoms with E-state index in [1.807, 2.05) is 24.3 Å². The second-order valence-corrected chi connectivity index (χ2v) is 12.0. The predicted molar refractivity (Wildman–Crippen MR) is 130 cm³/mol. The fourth-order valence-electron chi connectivity index (χ4n) is 5.11. The Bertz CT molecular complexity index is 1370. The third-order valence-corrected chi connectivity index (χ3v) is 9.79. The number of nitrogens with zero attached hydrogens (tertiary/aromatic N) is 3. The van der Waals surface area contributed by atoms with Crippen LogP contribution in [-0.4, -0.2) is 54.8 Å². The quantitative estimate of drug-likeness (QED) is 0.558. The molecular formula is C24H25N3O5S2. The van der Waals surface area contributed by atoms with Gasteiger partial charge in [-0.25, -0.2) is 13.4 Å². The number of carbonyl (C=O) groups is 2. The maximum Gasteiger partial charge on any atom is 0.304 e. The lowest BCUT2D eigenvalue weighted by Gasteiger charge is -2.30. The van der Waals surface area contributed by atoms with Crippen LogP contribution >= 0.6 is 11.3 Å². The number of amides is 1. The van der Waals surface area contributed by atoms with Crippen LogP contribution in [0.1, 0.15) is 30.4 Å². The van der Waals surface area contributed by atoms with Crippen molar-refractivity contribution in [2.75, 3.05) is 25.0 Å². The molecule has 10 heteroatoms. The van der Waals surface area contributed by atoms with Gasteiger partial charge in [-0.3, -0.25) is 14.5 Å². The molecule has 1 aliphatic carbocycles. The van der Waals surface area contributed by atoms with Crippen molar-refractivity contribution < 1.29 is 23.1 Å². The fourth-order valence-corrected chi connectivity index (χ4v) is 7.79. The SMILES string of the molecule is CN(C(=O)C1(CC(=O)O)Cc2ccccc2C1)c1nc2c(S(=O)(=O)N3CCCC3)cccc2s1. The highest BCUT2D eigenvalue weighted by atomic mass is 32.2. The highest BCUT2D eigenvalue weighted by Gasteiger charge is 2.47. The maximum absolute atomic E-state index is 13.7. The Morgan fingerprint density at radius 3 is 2.35 bits per heavy atom. The van der Waals surface area contributed by atoms with E-state index in [2.05, 4.69) is 4.98 Å². The van der Waals surface area contributed by atoms with Gasteiger partial charge in [0.2, 0.25) is 15.9 Å². The summed E-state index contributed by atoms with van der Waals surface area (Å²) in [5.74, 6) is -1.35. The topological polar surface area (TPSA) is 108 Å². The van der Waals surface area contributed by atoms with Gasteiger partial charge in [0.05, 0.1) is 16.5 Å². The van der Waals surface area contributed by atoms with Crippen LogP contribution in [0.3, 0.4) is 0 Å². The van der Waals surface area contributed by atoms with Gasteiger partial charge in [-0.2, -0.15) is 4.31 Å². The van der Waals surface area contributed by atoms with Gasteiger partial charge in [0.25, 0.3) is 0 Å². The van der Waals surface area contributed by atoms with Crippen molar-refractivity contribution in [3.8, 4) is 0 Å². The van der Waals surface area contributed by atoms with E-state index in [1.54, 1.807) is 25.2 Å². The van der Waals surface area contributed by atoms with Crippen molar-refractivity contribution in [1.82, 2.24) is 9.29 Å². The average Bonchev–Trinajstić information content (AvgIpc) is 3.55. The van der Waals surface area contributed by atoms with Crippen molar-refractivity contribution >= 4 is 48.6 Å². The van der Waals surface area contributed by atoms with Crippen LogP contribution in [0.2, 0.25) is 0 Å². The van der Waals surface area contributed by atoms with E-state index in [1.165, 1.54) is 20.5 Å². The smallest absolute Gasteiger partial charge is 0.304 e. The number of rotatable bonds is 6. The zero-order valence-corrected chi connectivity index (χ0v) is 20.4. The summed E-state index contributed by atoms with van der Waals surface area (Å²) in [6.45, 7) is 0.985. The number of aromatic nitrogens is 1. The molecule has 34 heavy (non-hydrogen) atoms. The molecule has 1 saturated heterocycles. The number of fused-ring (bicyclic) bond motifs is 2. The number of hydrogen-bond acceptors (Lipinski definition) is 6. The van der Waals surface area contributed by atoms with Crippen molar-refractivity contribution in [2.45, 2.75) is 37.0 Å². The van der Waals surface area contributed by atoms with Crippen LogP contribution in [-0.2, 0) is 32.5 Å². The number of sulfonamides is 1. The van der Waals surface area contributed by atoms with E-state index in [0.29, 0.717) is 41.3 Å². The molecule has 0 saturated carbocycles. The molecule has 5 rings (SSSR count). The predicted octanol–water partition coefficient (Wildman–Crippen LogP) is 3.30. The van der Waals surface area contributed by atoms with E-state index < -0.39 is 21.4 Å². The molecule has 1 N–H and O–H groups in total. The second-order valence-electron chi connectivity index (χ2n) is 9.05. The molecule has 0 atom stereocenters. The maximum atomic E-state index is 13.7. The fraction of sp³-hybridized carbons (Fsp3) is 0.375. The summed E-state index contributed by atoms with van der Waals surface area (Å²) in [6, 6.07) is 12.7. The molecule has 2 aliphatic rings. The first-order valence-corrected chi connectivity index (χ1v) is 13.4. The van der Waals surface area contributed by atoms with Crippen LogP contribution in [0.4, 0.5) is 5.13 Å². The van der Waals surface area contributed by atoms with E-state index in [4.69, 9.17) is 0 Å². The third kappa shape index (κ3) is 3.79. The molecule has 0 unspecified atom stereocenters. The lowest BCUT2D eigenvalue weighted by Crippen LogP contribution is -2.44. The Balaban J connectivity index is 1.51. The van der Waals surface area contributed by atoms with Gasteiger partial charge >= 0.3 is 5.97 Å². The molecule has 1 fully saturated rings. The highest BCUT2D eigenvalue weighted by Crippen LogP contribution is 2.43. The van der Waals surface area contributed by atoms with Crippen molar-refractivity contribution in [1.29, 1.82) is 0 Å². The Morgan fingerprint density at radius 2 is 1.74 bits per heavy atom. The summed E-state index contributed by atoms with van der Waals surface area (Å²) in [5, 5.41) is 9.96. The van der Waals surface area contributed by atoms with Gasteiger partial charge in [-0.1, -0.05) is 41.7 Å². The molecule has 1 aromatic heterocycles. The van der Waals surface area contributed by atoms with E-state index in [-0.39, 0.29) is 17.2 Å². The Kier molecular flexibility index (Phi) is 5.70. The molecule has 1 aliphatic heterocycles. The van der Waals surface area contributed by atoms with Crippen molar-refractivity contribution in [3.63, 3.8) is 0 Å². The first-order valence-electron chi connectivity index (χ1n) is 11.2. The molecule has 0 spiro atoms. The van der Waals surface area contributed by atoms with Crippen LogP contribution in [0.5, 0.6) is 0 Å². The van der Waals surface area contributed by atoms with E-state index >= 15 is 0 Å². The lowest BCUT2D eigenvalue weighted by atomic mass is 9.80. The Morgan fingerprint density at radius 1 is 1.09 bits per heavy atom. The summed E-state index contributed by atoms with van der Waals surface area (Å²) in [5.41, 5.74) is 1.20. The molecular weight excluding hydrogens is 474 g/mol. The zero-order valence-electron chi connectivity index (χ0n) is 18.7. The third-order valence-electron chi connectivity index (χ3n) is 6.76. The van der Waals surface area contributed by atoms with Gasteiger partial charge in [-0.05, 0) is 48.9 Å². The summed E-state index contributed by atoms with van der Waals surface area (Å²) in [6.07, 6.45) is 2.08. The number of aliphatic carboxylic acids is 1. The standard InChI is InChI=1S/C24H25N3O5S2/c1-26(22(30)24(15-20(28)29)13-16-7-2-3-8-17(16)14-24)23-25-21-18(33-23)9-6-10-19(21)34(31,32)27-11-4-5-12-27/h2-3,6-10H,4-5,11-15H2,1H3,(H,28,29). The highest BCUT2D eigenvalue weighted by molar-refractivity contribution is 7.89. The minimum Gasteiger partial charge on any atom is -0.481 e. The number of hydrogen-bond donors (Lipinski definition) is 1. The molecule has 2 heterocycles. The molecule has 2 aromatic carbocycles. The number of thiazole rings is 1. The summed E-state index contributed by atoms with van der Waals surface area (Å²) >= 11 is 1.23. The second kappa shape index (κ2) is 8.44. The molecule has 1 amide bonds. The number of carbonyl (C=O) groups excluding carboxylic acids is 1. The monoisotopic (exact) mass is 499 g/mol. The van der Waals surface area contributed by atoms with Crippen molar-refractivity contribution in [2.24, 2.45) is 5.41 Å². The van der Waals surface area contributed by atoms with Crippen LogP contribution in [0.25, 0.3) is 10.2 Å². The summed E-state index contributed by atoms with van der Waals surface area (Å²) < 4.78 is 28.6. The normalized spacial score (nSPS) is 17.7. The van der Waals surface area contributed by atoms with Gasteiger partial charge in [-0.15, -0.1) is 0 Å². The first-order chi connectivity index (χ1) is 16.2. The molecule has 8 nitrogen and oxygen atoms in total.